The number of carboxylic acids is 1. The van der Waals surface area contributed by atoms with Gasteiger partial charge in [0.05, 0.1) is 6.54 Å². The van der Waals surface area contributed by atoms with Crippen LogP contribution in [0.25, 0.3) is 0 Å². The first kappa shape index (κ1) is 13.3. The molecule has 0 bridgehead atoms. The van der Waals surface area contributed by atoms with Gasteiger partial charge in [-0.1, -0.05) is 25.5 Å². The molecular weight excluding hydrogens is 247 g/mol. The number of carboxylic acid groups (broad SMARTS) is 1. The van der Waals surface area contributed by atoms with Gasteiger partial charge in [-0.15, -0.1) is 0 Å². The first-order chi connectivity index (χ1) is 9.10. The Bertz CT molecular complexity index is 576. The van der Waals surface area contributed by atoms with Crippen LogP contribution in [0.2, 0.25) is 0 Å². The van der Waals surface area contributed by atoms with Gasteiger partial charge in [0, 0.05) is 5.69 Å². The number of hydrogen-bond acceptors (Lipinski definition) is 2. The molecule has 19 heavy (non-hydrogen) atoms. The molecule has 1 aromatic heterocycles. The first-order valence-corrected chi connectivity index (χ1v) is 6.14. The summed E-state index contributed by atoms with van der Waals surface area (Å²) >= 11 is 0. The molecule has 1 aromatic carbocycles. The third-order valence-corrected chi connectivity index (χ3v) is 2.83. The largest absolute Gasteiger partial charge is 0.476 e. The van der Waals surface area contributed by atoms with E-state index in [1.165, 1.54) is 12.1 Å². The molecule has 1 heterocycles. The molecule has 1 N–H and O–H groups in total. The molecule has 0 saturated heterocycles. The molecule has 0 aliphatic carbocycles. The molecule has 0 unspecified atom stereocenters. The van der Waals surface area contributed by atoms with Crippen LogP contribution in [-0.2, 0) is 13.0 Å². The Balaban J connectivity index is 2.27. The fourth-order valence-electron chi connectivity index (χ4n) is 1.92. The van der Waals surface area contributed by atoms with Gasteiger partial charge in [0.15, 0.2) is 5.69 Å². The minimum atomic E-state index is -1.03. The molecule has 2 aromatic rings. The highest BCUT2D eigenvalue weighted by Gasteiger charge is 2.12. The zero-order valence-electron chi connectivity index (χ0n) is 10.6. The standard InChI is InChI=1S/C14H15FN2O2/c1-2-3-12-8-13(14(18)19)16-17(12)9-10-4-6-11(15)7-5-10/h4-8H,2-3,9H2,1H3,(H,18,19). The Kier molecular flexibility index (Phi) is 3.94. The Morgan fingerprint density at radius 3 is 2.63 bits per heavy atom. The van der Waals surface area contributed by atoms with Crippen molar-refractivity contribution >= 4 is 5.97 Å². The van der Waals surface area contributed by atoms with Crippen molar-refractivity contribution in [1.29, 1.82) is 0 Å². The summed E-state index contributed by atoms with van der Waals surface area (Å²) in [5, 5.41) is 13.0. The third kappa shape index (κ3) is 3.19. The minimum Gasteiger partial charge on any atom is -0.476 e. The number of rotatable bonds is 5. The Morgan fingerprint density at radius 1 is 1.37 bits per heavy atom. The smallest absolute Gasteiger partial charge is 0.356 e. The van der Waals surface area contributed by atoms with Gasteiger partial charge in [0.25, 0.3) is 0 Å². The van der Waals surface area contributed by atoms with Crippen LogP contribution >= 0.6 is 0 Å². The van der Waals surface area contributed by atoms with Gasteiger partial charge in [-0.2, -0.15) is 5.10 Å². The summed E-state index contributed by atoms with van der Waals surface area (Å²) in [4.78, 5) is 10.9. The van der Waals surface area contributed by atoms with E-state index in [1.54, 1.807) is 22.9 Å². The molecule has 0 atom stereocenters. The van der Waals surface area contributed by atoms with Crippen LogP contribution in [-0.4, -0.2) is 20.9 Å². The van der Waals surface area contributed by atoms with E-state index < -0.39 is 5.97 Å². The number of aromatic nitrogens is 2. The molecule has 0 saturated carbocycles. The number of halogens is 1. The number of carbonyl (C=O) groups is 1. The van der Waals surface area contributed by atoms with Crippen LogP contribution in [0.4, 0.5) is 4.39 Å². The van der Waals surface area contributed by atoms with E-state index in [-0.39, 0.29) is 11.5 Å². The predicted octanol–water partition coefficient (Wildman–Crippen LogP) is 2.72. The van der Waals surface area contributed by atoms with Gasteiger partial charge in [0.1, 0.15) is 5.82 Å². The molecule has 0 spiro atoms. The lowest BCUT2D eigenvalue weighted by atomic mass is 10.2. The van der Waals surface area contributed by atoms with Crippen molar-refractivity contribution in [2.75, 3.05) is 0 Å². The average molecular weight is 262 g/mol. The Hall–Kier alpha value is -2.17. The average Bonchev–Trinajstić information content (AvgIpc) is 2.76. The van der Waals surface area contributed by atoms with E-state index in [1.807, 2.05) is 6.92 Å². The van der Waals surface area contributed by atoms with E-state index in [4.69, 9.17) is 5.11 Å². The van der Waals surface area contributed by atoms with Gasteiger partial charge >= 0.3 is 5.97 Å². The zero-order chi connectivity index (χ0) is 13.8. The topological polar surface area (TPSA) is 55.1 Å². The summed E-state index contributed by atoms with van der Waals surface area (Å²) in [6.45, 7) is 2.47. The van der Waals surface area contributed by atoms with E-state index >= 15 is 0 Å². The van der Waals surface area contributed by atoms with Crippen LogP contribution in [0.3, 0.4) is 0 Å². The summed E-state index contributed by atoms with van der Waals surface area (Å²) in [5.74, 6) is -1.32. The maximum absolute atomic E-state index is 12.8. The molecule has 4 nitrogen and oxygen atoms in total. The molecule has 0 amide bonds. The van der Waals surface area contributed by atoms with E-state index in [9.17, 15) is 9.18 Å². The maximum atomic E-state index is 12.8. The number of hydrogen-bond donors (Lipinski definition) is 1. The highest BCUT2D eigenvalue weighted by molar-refractivity contribution is 5.85. The lowest BCUT2D eigenvalue weighted by Crippen LogP contribution is -2.07. The van der Waals surface area contributed by atoms with Crippen molar-refractivity contribution in [3.05, 3.63) is 53.1 Å². The number of nitrogens with zero attached hydrogens (tertiary/aromatic N) is 2. The number of benzene rings is 1. The van der Waals surface area contributed by atoms with Crippen LogP contribution < -0.4 is 0 Å². The summed E-state index contributed by atoms with van der Waals surface area (Å²) in [6, 6.07) is 7.71. The van der Waals surface area contributed by atoms with Crippen molar-refractivity contribution in [3.8, 4) is 0 Å². The fraction of sp³-hybridized carbons (Fsp3) is 0.286. The molecule has 0 radical (unpaired) electrons. The number of aryl methyl sites for hydroxylation is 1. The molecule has 0 aliphatic heterocycles. The lowest BCUT2D eigenvalue weighted by Gasteiger charge is -2.06. The van der Waals surface area contributed by atoms with Crippen LogP contribution in [0.5, 0.6) is 0 Å². The summed E-state index contributed by atoms with van der Waals surface area (Å²) in [7, 11) is 0. The molecular formula is C14H15FN2O2. The van der Waals surface area contributed by atoms with Gasteiger partial charge < -0.3 is 5.11 Å². The molecule has 100 valence electrons. The summed E-state index contributed by atoms with van der Waals surface area (Å²) < 4.78 is 14.5. The molecule has 5 heteroatoms. The Labute approximate surface area is 110 Å². The second kappa shape index (κ2) is 5.65. The van der Waals surface area contributed by atoms with E-state index in [0.29, 0.717) is 6.54 Å². The van der Waals surface area contributed by atoms with Crippen LogP contribution in [0, 0.1) is 5.82 Å². The SMILES string of the molecule is CCCc1cc(C(=O)O)nn1Cc1ccc(F)cc1. The second-order valence-electron chi connectivity index (χ2n) is 4.36. The second-order valence-corrected chi connectivity index (χ2v) is 4.36. The van der Waals surface area contributed by atoms with Gasteiger partial charge in [0.2, 0.25) is 0 Å². The van der Waals surface area contributed by atoms with E-state index in [0.717, 1.165) is 24.1 Å². The zero-order valence-corrected chi connectivity index (χ0v) is 10.6. The van der Waals surface area contributed by atoms with Crippen molar-refractivity contribution < 1.29 is 14.3 Å². The normalized spacial score (nSPS) is 10.6. The quantitative estimate of drug-likeness (QED) is 0.901. The third-order valence-electron chi connectivity index (χ3n) is 2.83. The van der Waals surface area contributed by atoms with Gasteiger partial charge in [-0.05, 0) is 30.2 Å². The van der Waals surface area contributed by atoms with Crippen molar-refractivity contribution in [1.82, 2.24) is 9.78 Å². The fourth-order valence-corrected chi connectivity index (χ4v) is 1.92. The van der Waals surface area contributed by atoms with Crippen molar-refractivity contribution in [2.45, 2.75) is 26.3 Å². The molecule has 2 rings (SSSR count). The highest BCUT2D eigenvalue weighted by atomic mass is 19.1. The maximum Gasteiger partial charge on any atom is 0.356 e. The molecule has 0 aliphatic rings. The Morgan fingerprint density at radius 2 is 2.05 bits per heavy atom. The first-order valence-electron chi connectivity index (χ1n) is 6.14. The van der Waals surface area contributed by atoms with Crippen molar-refractivity contribution in [3.63, 3.8) is 0 Å². The monoisotopic (exact) mass is 262 g/mol. The minimum absolute atomic E-state index is 0.0468. The predicted molar refractivity (Wildman–Crippen MR) is 68.7 cm³/mol. The van der Waals surface area contributed by atoms with Crippen LogP contribution in [0.15, 0.2) is 30.3 Å². The molecule has 0 fully saturated rings. The number of aromatic carboxylic acids is 1. The summed E-state index contributed by atoms with van der Waals surface area (Å²) in [5.41, 5.74) is 1.81. The summed E-state index contributed by atoms with van der Waals surface area (Å²) in [6.07, 6.45) is 1.68. The van der Waals surface area contributed by atoms with Gasteiger partial charge in [-0.25, -0.2) is 9.18 Å². The van der Waals surface area contributed by atoms with Gasteiger partial charge in [-0.3, -0.25) is 4.68 Å². The lowest BCUT2D eigenvalue weighted by molar-refractivity contribution is 0.0689. The van der Waals surface area contributed by atoms with E-state index in [2.05, 4.69) is 5.10 Å². The highest BCUT2D eigenvalue weighted by Crippen LogP contribution is 2.11. The van der Waals surface area contributed by atoms with Crippen molar-refractivity contribution in [2.24, 2.45) is 0 Å². The van der Waals surface area contributed by atoms with Crippen LogP contribution in [0.1, 0.15) is 35.1 Å².